The number of unbranched alkanes of at least 4 members (excludes halogenated alkanes) is 2. The lowest BCUT2D eigenvalue weighted by atomic mass is 9.86. The Morgan fingerprint density at radius 3 is 2.48 bits per heavy atom. The molecule has 0 aliphatic heterocycles. The van der Waals surface area contributed by atoms with Crippen molar-refractivity contribution >= 4 is 5.97 Å². The van der Waals surface area contributed by atoms with Crippen LogP contribution < -0.4 is 0 Å². The SMILES string of the molecule is CCCCCC1=CCC(OC(=O)c2ccc(CCC3CC=C(C)CC3)cc2)CC1. The molecular weight excluding hydrogens is 356 g/mol. The van der Waals surface area contributed by atoms with Gasteiger partial charge in [0.15, 0.2) is 0 Å². The number of hydrogen-bond acceptors (Lipinski definition) is 2. The van der Waals surface area contributed by atoms with Crippen LogP contribution in [-0.4, -0.2) is 12.1 Å². The molecule has 0 amide bonds. The number of esters is 1. The van der Waals surface area contributed by atoms with E-state index in [-0.39, 0.29) is 12.1 Å². The van der Waals surface area contributed by atoms with Gasteiger partial charge < -0.3 is 4.74 Å². The molecule has 0 fully saturated rings. The number of carbonyl (C=O) groups excluding carboxylic acids is 1. The molecule has 3 rings (SSSR count). The fourth-order valence-corrected chi connectivity index (χ4v) is 4.48. The Hall–Kier alpha value is -1.83. The minimum absolute atomic E-state index is 0.0416. The summed E-state index contributed by atoms with van der Waals surface area (Å²) < 4.78 is 5.77. The summed E-state index contributed by atoms with van der Waals surface area (Å²) >= 11 is 0. The number of aryl methyl sites for hydroxylation is 1. The van der Waals surface area contributed by atoms with Crippen molar-refractivity contribution in [3.8, 4) is 0 Å². The van der Waals surface area contributed by atoms with Gasteiger partial charge in [-0.1, -0.05) is 55.2 Å². The first-order valence-corrected chi connectivity index (χ1v) is 11.8. The zero-order valence-corrected chi connectivity index (χ0v) is 18.4. The topological polar surface area (TPSA) is 26.3 Å². The van der Waals surface area contributed by atoms with Gasteiger partial charge in [0, 0.05) is 6.42 Å². The van der Waals surface area contributed by atoms with Crippen LogP contribution in [0.25, 0.3) is 0 Å². The normalized spacial score (nSPS) is 22.0. The molecule has 29 heavy (non-hydrogen) atoms. The summed E-state index contributed by atoms with van der Waals surface area (Å²) in [7, 11) is 0. The van der Waals surface area contributed by atoms with Crippen LogP contribution in [0, 0.1) is 5.92 Å². The van der Waals surface area contributed by atoms with Gasteiger partial charge in [0.1, 0.15) is 6.10 Å². The standard InChI is InChI=1S/C27H38O2/c1-3-4-5-6-22-15-19-26(20-16-22)29-27(28)25-17-13-24(14-18-25)12-11-23-9-7-21(2)8-10-23/h7,13-15,17-18,23,26H,3-6,8-12,16,19-20H2,1-2H3. The minimum Gasteiger partial charge on any atom is -0.458 e. The summed E-state index contributed by atoms with van der Waals surface area (Å²) in [5.74, 6) is 0.645. The fraction of sp³-hybridized carbons (Fsp3) is 0.593. The average molecular weight is 395 g/mol. The Morgan fingerprint density at radius 1 is 1.00 bits per heavy atom. The highest BCUT2D eigenvalue weighted by Crippen LogP contribution is 2.27. The third-order valence-corrected chi connectivity index (χ3v) is 6.61. The van der Waals surface area contributed by atoms with Crippen molar-refractivity contribution in [2.75, 3.05) is 0 Å². The third-order valence-electron chi connectivity index (χ3n) is 6.61. The summed E-state index contributed by atoms with van der Waals surface area (Å²) in [6.07, 6.45) is 18.9. The Labute approximate surface area is 177 Å². The van der Waals surface area contributed by atoms with Crippen molar-refractivity contribution in [1.29, 1.82) is 0 Å². The van der Waals surface area contributed by atoms with Gasteiger partial charge in [0.2, 0.25) is 0 Å². The van der Waals surface area contributed by atoms with Crippen LogP contribution in [0.3, 0.4) is 0 Å². The molecule has 0 bridgehead atoms. The van der Waals surface area contributed by atoms with Crippen LogP contribution in [0.2, 0.25) is 0 Å². The van der Waals surface area contributed by atoms with E-state index >= 15 is 0 Å². The Morgan fingerprint density at radius 2 is 1.83 bits per heavy atom. The lowest BCUT2D eigenvalue weighted by molar-refractivity contribution is 0.0278. The number of carbonyl (C=O) groups is 1. The quantitative estimate of drug-likeness (QED) is 0.245. The van der Waals surface area contributed by atoms with E-state index in [1.54, 1.807) is 11.1 Å². The molecule has 2 heteroatoms. The van der Waals surface area contributed by atoms with Crippen molar-refractivity contribution in [3.05, 3.63) is 58.7 Å². The van der Waals surface area contributed by atoms with Crippen molar-refractivity contribution in [2.24, 2.45) is 5.92 Å². The Balaban J connectivity index is 1.41. The Kier molecular flexibility index (Phi) is 8.58. The van der Waals surface area contributed by atoms with Gasteiger partial charge in [-0.3, -0.25) is 0 Å². The first-order valence-electron chi connectivity index (χ1n) is 11.8. The number of benzene rings is 1. The van der Waals surface area contributed by atoms with Crippen molar-refractivity contribution < 1.29 is 9.53 Å². The Bertz CT molecular complexity index is 711. The molecule has 0 aromatic heterocycles. The smallest absolute Gasteiger partial charge is 0.338 e. The van der Waals surface area contributed by atoms with E-state index in [4.69, 9.17) is 4.74 Å². The summed E-state index contributed by atoms with van der Waals surface area (Å²) in [5, 5.41) is 0. The zero-order valence-electron chi connectivity index (χ0n) is 18.4. The number of hydrogen-bond donors (Lipinski definition) is 0. The zero-order chi connectivity index (χ0) is 20.5. The van der Waals surface area contributed by atoms with Crippen LogP contribution >= 0.6 is 0 Å². The summed E-state index contributed by atoms with van der Waals surface area (Å²) in [5.41, 5.74) is 5.11. The monoisotopic (exact) mass is 394 g/mol. The highest BCUT2D eigenvalue weighted by Gasteiger charge is 2.19. The summed E-state index contributed by atoms with van der Waals surface area (Å²) in [6, 6.07) is 8.09. The van der Waals surface area contributed by atoms with Gasteiger partial charge in [0.05, 0.1) is 5.56 Å². The van der Waals surface area contributed by atoms with Gasteiger partial charge in [-0.05, 0) is 88.3 Å². The second-order valence-electron chi connectivity index (χ2n) is 9.05. The molecule has 1 aromatic rings. The highest BCUT2D eigenvalue weighted by molar-refractivity contribution is 5.89. The van der Waals surface area contributed by atoms with E-state index in [0.717, 1.165) is 31.6 Å². The number of allylic oxidation sites excluding steroid dienone is 3. The highest BCUT2D eigenvalue weighted by atomic mass is 16.5. The van der Waals surface area contributed by atoms with Crippen LogP contribution in [0.1, 0.15) is 100 Å². The molecule has 0 radical (unpaired) electrons. The maximum Gasteiger partial charge on any atom is 0.338 e. The molecule has 158 valence electrons. The molecule has 2 atom stereocenters. The molecule has 0 heterocycles. The van der Waals surface area contributed by atoms with Gasteiger partial charge >= 0.3 is 5.97 Å². The van der Waals surface area contributed by atoms with E-state index in [1.807, 2.05) is 12.1 Å². The molecule has 2 unspecified atom stereocenters. The molecule has 0 saturated heterocycles. The van der Waals surface area contributed by atoms with Crippen molar-refractivity contribution in [1.82, 2.24) is 0 Å². The van der Waals surface area contributed by atoms with Crippen molar-refractivity contribution in [2.45, 2.75) is 97.0 Å². The van der Waals surface area contributed by atoms with Crippen LogP contribution in [0.4, 0.5) is 0 Å². The van der Waals surface area contributed by atoms with Gasteiger partial charge in [-0.25, -0.2) is 4.79 Å². The van der Waals surface area contributed by atoms with E-state index in [1.165, 1.54) is 56.9 Å². The largest absolute Gasteiger partial charge is 0.458 e. The van der Waals surface area contributed by atoms with Crippen LogP contribution in [0.5, 0.6) is 0 Å². The first-order chi connectivity index (χ1) is 14.1. The maximum absolute atomic E-state index is 12.5. The van der Waals surface area contributed by atoms with E-state index in [0.29, 0.717) is 5.56 Å². The second-order valence-corrected chi connectivity index (χ2v) is 9.05. The van der Waals surface area contributed by atoms with E-state index < -0.39 is 0 Å². The predicted octanol–water partition coefficient (Wildman–Crippen LogP) is 7.58. The van der Waals surface area contributed by atoms with Gasteiger partial charge in [-0.15, -0.1) is 0 Å². The first kappa shape index (κ1) is 21.9. The lowest BCUT2D eigenvalue weighted by Gasteiger charge is -2.22. The molecule has 0 N–H and O–H groups in total. The fourth-order valence-electron chi connectivity index (χ4n) is 4.48. The maximum atomic E-state index is 12.5. The number of rotatable bonds is 9. The average Bonchev–Trinajstić information content (AvgIpc) is 2.75. The summed E-state index contributed by atoms with van der Waals surface area (Å²) in [6.45, 7) is 4.48. The molecule has 0 spiro atoms. The molecule has 0 saturated carbocycles. The van der Waals surface area contributed by atoms with E-state index in [9.17, 15) is 4.79 Å². The second kappa shape index (κ2) is 11.4. The molecule has 1 aromatic carbocycles. The third kappa shape index (κ3) is 7.17. The molecule has 2 aliphatic rings. The van der Waals surface area contributed by atoms with E-state index in [2.05, 4.69) is 38.1 Å². The van der Waals surface area contributed by atoms with Gasteiger partial charge in [0.25, 0.3) is 0 Å². The van der Waals surface area contributed by atoms with Crippen molar-refractivity contribution in [3.63, 3.8) is 0 Å². The van der Waals surface area contributed by atoms with Gasteiger partial charge in [-0.2, -0.15) is 0 Å². The lowest BCUT2D eigenvalue weighted by Crippen LogP contribution is -2.20. The summed E-state index contributed by atoms with van der Waals surface area (Å²) in [4.78, 5) is 12.5. The van der Waals surface area contributed by atoms with Crippen LogP contribution in [0.15, 0.2) is 47.6 Å². The predicted molar refractivity (Wildman–Crippen MR) is 121 cm³/mol. The minimum atomic E-state index is -0.169. The molecular formula is C27H38O2. The number of ether oxygens (including phenoxy) is 1. The van der Waals surface area contributed by atoms with Crippen LogP contribution in [-0.2, 0) is 11.2 Å². The molecule has 2 nitrogen and oxygen atoms in total. The molecule has 2 aliphatic carbocycles.